The summed E-state index contributed by atoms with van der Waals surface area (Å²) in [5.41, 5.74) is 3.76. The molecule has 1 aromatic heterocycles. The van der Waals surface area contributed by atoms with E-state index in [4.69, 9.17) is 0 Å². The van der Waals surface area contributed by atoms with Crippen molar-refractivity contribution in [1.82, 2.24) is 19.7 Å². The number of amides is 2. The Morgan fingerprint density at radius 2 is 1.86 bits per heavy atom. The zero-order valence-corrected chi connectivity index (χ0v) is 16.0. The van der Waals surface area contributed by atoms with Crippen LogP contribution in [0.2, 0.25) is 0 Å². The third-order valence-electron chi connectivity index (χ3n) is 6.06. The highest BCUT2D eigenvalue weighted by Gasteiger charge is 2.38. The summed E-state index contributed by atoms with van der Waals surface area (Å²) < 4.78 is 2.35. The third-order valence-corrected chi connectivity index (χ3v) is 6.06. The van der Waals surface area contributed by atoms with Crippen LogP contribution in [0, 0.1) is 0 Å². The average molecular weight is 376 g/mol. The summed E-state index contributed by atoms with van der Waals surface area (Å²) in [4.78, 5) is 28.2. The van der Waals surface area contributed by atoms with E-state index in [1.54, 1.807) is 4.90 Å². The van der Waals surface area contributed by atoms with E-state index < -0.39 is 0 Å². The maximum atomic E-state index is 12.2. The molecule has 0 bridgehead atoms. The summed E-state index contributed by atoms with van der Waals surface area (Å²) in [5.74, 6) is -0.0104. The summed E-state index contributed by atoms with van der Waals surface area (Å²) in [7, 11) is 0. The molecule has 1 unspecified atom stereocenters. The van der Waals surface area contributed by atoms with Gasteiger partial charge in [-0.2, -0.15) is 0 Å². The molecule has 2 saturated heterocycles. The topological polar surface area (TPSA) is 57.6 Å². The lowest BCUT2D eigenvalue weighted by molar-refractivity contribution is -0.149. The summed E-state index contributed by atoms with van der Waals surface area (Å²) in [5, 5.41) is 5.27. The first-order chi connectivity index (χ1) is 13.7. The normalized spacial score (nSPS) is 20.6. The van der Waals surface area contributed by atoms with Crippen molar-refractivity contribution >= 4 is 33.6 Å². The molecule has 1 N–H and O–H groups in total. The number of hydrogen-bond acceptors (Lipinski definition) is 3. The first-order valence-corrected chi connectivity index (χ1v) is 9.95. The fourth-order valence-electron chi connectivity index (χ4n) is 4.69. The minimum absolute atomic E-state index is 0.0260. The first-order valence-electron chi connectivity index (χ1n) is 9.95. The summed E-state index contributed by atoms with van der Waals surface area (Å²) >= 11 is 0. The first kappa shape index (κ1) is 17.3. The molecule has 0 aliphatic carbocycles. The largest absolute Gasteiger partial charge is 0.345 e. The number of aromatic nitrogens is 1. The lowest BCUT2D eigenvalue weighted by Gasteiger charge is -2.43. The van der Waals surface area contributed by atoms with Gasteiger partial charge in [-0.15, -0.1) is 0 Å². The lowest BCUT2D eigenvalue weighted by atomic mass is 10.1. The van der Waals surface area contributed by atoms with Crippen molar-refractivity contribution in [3.63, 3.8) is 0 Å². The molecule has 2 amide bonds. The van der Waals surface area contributed by atoms with E-state index in [-0.39, 0.29) is 24.4 Å². The second kappa shape index (κ2) is 6.63. The van der Waals surface area contributed by atoms with Gasteiger partial charge in [0, 0.05) is 54.5 Å². The van der Waals surface area contributed by atoms with Crippen molar-refractivity contribution in [2.45, 2.75) is 26.1 Å². The van der Waals surface area contributed by atoms with Crippen LogP contribution in [0.5, 0.6) is 0 Å². The van der Waals surface area contributed by atoms with E-state index in [1.165, 1.54) is 27.4 Å². The van der Waals surface area contributed by atoms with Crippen LogP contribution in [0.4, 0.5) is 0 Å². The molecule has 2 aliphatic heterocycles. The highest BCUT2D eigenvalue weighted by molar-refractivity contribution is 6.08. The molecule has 1 atom stereocenters. The van der Waals surface area contributed by atoms with E-state index in [9.17, 15) is 9.59 Å². The molecule has 3 heterocycles. The van der Waals surface area contributed by atoms with Gasteiger partial charge in [0.2, 0.25) is 11.8 Å². The van der Waals surface area contributed by atoms with Gasteiger partial charge >= 0.3 is 0 Å². The zero-order valence-electron chi connectivity index (χ0n) is 16.0. The Hall–Kier alpha value is -2.86. The Kier molecular flexibility index (Phi) is 4.09. The molecular weight excluding hydrogens is 352 g/mol. The number of piperazine rings is 2. The number of para-hydroxylation sites is 1. The van der Waals surface area contributed by atoms with Crippen molar-refractivity contribution in [3.8, 4) is 0 Å². The fourth-order valence-corrected chi connectivity index (χ4v) is 4.69. The van der Waals surface area contributed by atoms with Crippen LogP contribution in [0.25, 0.3) is 21.8 Å². The molecule has 2 aliphatic rings. The van der Waals surface area contributed by atoms with Crippen LogP contribution in [-0.2, 0) is 22.7 Å². The van der Waals surface area contributed by atoms with Gasteiger partial charge in [-0.05, 0) is 30.7 Å². The number of fused-ring (bicyclic) bond motifs is 4. The fraction of sp³-hybridized carbons (Fsp3) is 0.364. The lowest BCUT2D eigenvalue weighted by Crippen LogP contribution is -2.65. The van der Waals surface area contributed by atoms with Gasteiger partial charge in [0.05, 0.1) is 6.54 Å². The van der Waals surface area contributed by atoms with Gasteiger partial charge in [0.15, 0.2) is 0 Å². The van der Waals surface area contributed by atoms with Crippen LogP contribution >= 0.6 is 0 Å². The molecule has 6 nitrogen and oxygen atoms in total. The molecule has 2 aromatic carbocycles. The van der Waals surface area contributed by atoms with Crippen LogP contribution < -0.4 is 5.32 Å². The Morgan fingerprint density at radius 1 is 1.04 bits per heavy atom. The number of nitrogens with zero attached hydrogens (tertiary/aromatic N) is 3. The maximum Gasteiger partial charge on any atom is 0.244 e. The van der Waals surface area contributed by atoms with Crippen LogP contribution in [-0.4, -0.2) is 58.4 Å². The SMILES string of the molecule is CCn1c2ccccc2c2cc(CN3CCN4C(=O)CNC(=O)C4C3)ccc21. The van der Waals surface area contributed by atoms with Crippen LogP contribution in [0.1, 0.15) is 12.5 Å². The summed E-state index contributed by atoms with van der Waals surface area (Å²) in [6.07, 6.45) is 0. The van der Waals surface area contributed by atoms with Gasteiger partial charge in [-0.1, -0.05) is 24.3 Å². The molecule has 0 spiro atoms. The van der Waals surface area contributed by atoms with Crippen molar-refractivity contribution in [2.75, 3.05) is 26.2 Å². The van der Waals surface area contributed by atoms with Gasteiger partial charge in [0.1, 0.15) is 6.04 Å². The second-order valence-corrected chi connectivity index (χ2v) is 7.67. The van der Waals surface area contributed by atoms with Gasteiger partial charge in [-0.25, -0.2) is 0 Å². The highest BCUT2D eigenvalue weighted by Crippen LogP contribution is 2.30. The van der Waals surface area contributed by atoms with E-state index in [1.807, 2.05) is 0 Å². The van der Waals surface area contributed by atoms with Crippen molar-refractivity contribution in [2.24, 2.45) is 0 Å². The number of nitrogens with one attached hydrogen (secondary N) is 1. The van der Waals surface area contributed by atoms with Gasteiger partial charge in [-0.3, -0.25) is 14.5 Å². The number of rotatable bonds is 3. The average Bonchev–Trinajstić information content (AvgIpc) is 3.04. The second-order valence-electron chi connectivity index (χ2n) is 7.67. The number of carbonyl (C=O) groups excluding carboxylic acids is 2. The standard InChI is InChI=1S/C22H24N4O2/c1-2-25-18-6-4-3-5-16(18)17-11-15(7-8-19(17)25)13-24-9-10-26-20(14-24)22(28)23-12-21(26)27/h3-8,11,20H,2,9-10,12-14H2,1H3,(H,23,28). The Balaban J connectivity index is 1.44. The van der Waals surface area contributed by atoms with Crippen LogP contribution in [0.15, 0.2) is 42.5 Å². The third kappa shape index (κ3) is 2.67. The van der Waals surface area contributed by atoms with Gasteiger partial charge in [0.25, 0.3) is 0 Å². The molecule has 28 heavy (non-hydrogen) atoms. The van der Waals surface area contributed by atoms with Crippen LogP contribution in [0.3, 0.4) is 0 Å². The summed E-state index contributed by atoms with van der Waals surface area (Å²) in [6, 6.07) is 14.9. The number of aryl methyl sites for hydroxylation is 1. The number of hydrogen-bond donors (Lipinski definition) is 1. The smallest absolute Gasteiger partial charge is 0.244 e. The molecule has 0 saturated carbocycles. The number of carbonyl (C=O) groups is 2. The predicted octanol–water partition coefficient (Wildman–Crippen LogP) is 1.96. The Bertz CT molecular complexity index is 1090. The van der Waals surface area contributed by atoms with E-state index in [0.717, 1.165) is 19.6 Å². The Morgan fingerprint density at radius 3 is 2.71 bits per heavy atom. The molecule has 2 fully saturated rings. The van der Waals surface area contributed by atoms with Crippen molar-refractivity contribution < 1.29 is 9.59 Å². The van der Waals surface area contributed by atoms with Gasteiger partial charge < -0.3 is 14.8 Å². The van der Waals surface area contributed by atoms with Crippen molar-refractivity contribution in [3.05, 3.63) is 48.0 Å². The predicted molar refractivity (Wildman–Crippen MR) is 109 cm³/mol. The van der Waals surface area contributed by atoms with Crippen molar-refractivity contribution in [1.29, 1.82) is 0 Å². The minimum Gasteiger partial charge on any atom is -0.345 e. The molecule has 5 rings (SSSR count). The monoisotopic (exact) mass is 376 g/mol. The number of benzene rings is 2. The highest BCUT2D eigenvalue weighted by atomic mass is 16.2. The zero-order chi connectivity index (χ0) is 19.3. The molecule has 0 radical (unpaired) electrons. The molecule has 6 heteroatoms. The van der Waals surface area contributed by atoms with E-state index in [0.29, 0.717) is 13.1 Å². The molecule has 3 aromatic rings. The van der Waals surface area contributed by atoms with E-state index >= 15 is 0 Å². The minimum atomic E-state index is -0.360. The molecule has 144 valence electrons. The maximum absolute atomic E-state index is 12.2. The molecular formula is C22H24N4O2. The Labute approximate surface area is 163 Å². The summed E-state index contributed by atoms with van der Waals surface area (Å²) in [6.45, 7) is 6.04. The quantitative estimate of drug-likeness (QED) is 0.760. The van der Waals surface area contributed by atoms with E-state index in [2.05, 4.69) is 64.2 Å².